The summed E-state index contributed by atoms with van der Waals surface area (Å²) in [5.41, 5.74) is 2.15. The zero-order valence-corrected chi connectivity index (χ0v) is 25.0. The highest BCUT2D eigenvalue weighted by atomic mass is 32.1. The number of pyridine rings is 1. The fourth-order valence-corrected chi connectivity index (χ4v) is 6.26. The normalized spacial score (nSPS) is 15.1. The van der Waals surface area contributed by atoms with Crippen LogP contribution >= 0.6 is 11.3 Å². The summed E-state index contributed by atoms with van der Waals surface area (Å²) in [7, 11) is 1.81. The number of thiophene rings is 1. The molecule has 9 nitrogen and oxygen atoms in total. The van der Waals surface area contributed by atoms with E-state index in [1.54, 1.807) is 29.6 Å². The van der Waals surface area contributed by atoms with Gasteiger partial charge in [0.25, 0.3) is 0 Å². The molecule has 0 bridgehead atoms. The van der Waals surface area contributed by atoms with Crippen molar-refractivity contribution in [2.75, 3.05) is 6.61 Å². The Labute approximate surface area is 250 Å². The van der Waals surface area contributed by atoms with Gasteiger partial charge in [-0.3, -0.25) is 14.2 Å². The van der Waals surface area contributed by atoms with Crippen molar-refractivity contribution < 1.29 is 23.4 Å². The summed E-state index contributed by atoms with van der Waals surface area (Å²) in [5, 5.41) is 22.2. The van der Waals surface area contributed by atoms with E-state index in [1.807, 2.05) is 42.4 Å². The summed E-state index contributed by atoms with van der Waals surface area (Å²) < 4.78 is 40.6. The molecule has 1 atom stereocenters. The second-order valence-electron chi connectivity index (χ2n) is 11.3. The average molecular weight is 605 g/mol. The third-order valence-corrected chi connectivity index (χ3v) is 8.23. The van der Waals surface area contributed by atoms with Crippen molar-refractivity contribution in [3.8, 4) is 39.5 Å². The number of benzene rings is 1. The number of aryl methyl sites for hydroxylation is 1. The molecule has 1 aliphatic rings. The third-order valence-electron chi connectivity index (χ3n) is 7.30. The molecule has 1 amide bonds. The molecule has 6 rings (SSSR count). The van der Waals surface area contributed by atoms with Crippen molar-refractivity contribution >= 4 is 27.3 Å². The van der Waals surface area contributed by atoms with Crippen molar-refractivity contribution in [3.63, 3.8) is 0 Å². The van der Waals surface area contributed by atoms with E-state index in [0.29, 0.717) is 40.4 Å². The van der Waals surface area contributed by atoms with Gasteiger partial charge in [0, 0.05) is 52.6 Å². The summed E-state index contributed by atoms with van der Waals surface area (Å²) in [5.74, 6) is -1.89. The van der Waals surface area contributed by atoms with Crippen LogP contribution in [-0.2, 0) is 24.9 Å². The molecule has 1 N–H and O–H groups in total. The number of aromatic nitrogens is 5. The molecule has 1 aliphatic heterocycles. The van der Waals surface area contributed by atoms with Crippen LogP contribution in [-0.4, -0.2) is 58.7 Å². The predicted octanol–water partition coefficient (Wildman–Crippen LogP) is 5.57. The second kappa shape index (κ2) is 10.7. The van der Waals surface area contributed by atoms with Crippen molar-refractivity contribution in [2.45, 2.75) is 45.5 Å². The molecule has 0 fully saturated rings. The minimum atomic E-state index is -1.25. The first-order valence-corrected chi connectivity index (χ1v) is 14.6. The first kappa shape index (κ1) is 28.7. The maximum absolute atomic E-state index is 15.9. The highest BCUT2D eigenvalue weighted by Gasteiger charge is 2.31. The van der Waals surface area contributed by atoms with Crippen molar-refractivity contribution in [1.29, 1.82) is 0 Å². The van der Waals surface area contributed by atoms with Crippen LogP contribution in [0.25, 0.3) is 43.9 Å². The number of hydrogen-bond acceptors (Lipinski definition) is 7. The van der Waals surface area contributed by atoms with Gasteiger partial charge in [-0.25, -0.2) is 13.8 Å². The number of aliphatic hydroxyl groups is 1. The highest BCUT2D eigenvalue weighted by molar-refractivity contribution is 7.18. The van der Waals surface area contributed by atoms with Crippen LogP contribution in [0, 0.1) is 11.6 Å². The fourth-order valence-electron chi connectivity index (χ4n) is 5.31. The summed E-state index contributed by atoms with van der Waals surface area (Å²) in [6.07, 6.45) is 4.84. The van der Waals surface area contributed by atoms with E-state index < -0.39 is 17.2 Å². The van der Waals surface area contributed by atoms with E-state index in [9.17, 15) is 14.3 Å². The lowest BCUT2D eigenvalue weighted by atomic mass is 9.97. The van der Waals surface area contributed by atoms with Crippen molar-refractivity contribution in [2.24, 2.45) is 7.05 Å². The predicted molar refractivity (Wildman–Crippen MR) is 160 cm³/mol. The van der Waals surface area contributed by atoms with E-state index in [4.69, 9.17) is 14.8 Å². The maximum Gasteiger partial charge on any atom is 0.246 e. The molecule has 12 heteroatoms. The van der Waals surface area contributed by atoms with Crippen molar-refractivity contribution in [3.05, 3.63) is 72.0 Å². The van der Waals surface area contributed by atoms with Gasteiger partial charge < -0.3 is 14.7 Å². The van der Waals surface area contributed by atoms with Gasteiger partial charge in [0.2, 0.25) is 5.91 Å². The SMILES string of the molecule is C=CC(=O)N1Cc2cc(-c3nc(-c4cnn(C)c4)c4ccsc4c3-c3c(F)cc(F)cc3OCC(C)(C)O)nn2CC1C. The number of carbonyl (C=O) groups excluding carboxylic acids is 1. The summed E-state index contributed by atoms with van der Waals surface area (Å²) in [6.45, 7) is 9.22. The number of ether oxygens (including phenoxy) is 1. The van der Waals surface area contributed by atoms with Crippen LogP contribution in [0.1, 0.15) is 26.5 Å². The topological polar surface area (TPSA) is 98.3 Å². The molecule has 0 aliphatic carbocycles. The standard InChI is InChI=1S/C31H30F2N6O3S/c1-6-25(40)38-15-20-11-23(36-39(20)13-17(38)2)29-27(26-22(33)9-19(32)10-24(26)42-16-31(3,4)41)30-21(7-8-43-30)28(35-29)18-12-34-37(5)14-18/h6-12,14,17,41H,1,13,15-16H2,2-5H3. The average Bonchev–Trinajstić information content (AvgIpc) is 3.69. The van der Waals surface area contributed by atoms with Crippen molar-refractivity contribution in [1.82, 2.24) is 29.4 Å². The van der Waals surface area contributed by atoms with E-state index in [2.05, 4.69) is 11.7 Å². The highest BCUT2D eigenvalue weighted by Crippen LogP contribution is 2.47. The molecule has 5 heterocycles. The molecule has 0 saturated carbocycles. The monoisotopic (exact) mass is 604 g/mol. The van der Waals surface area contributed by atoms with Gasteiger partial charge in [0.15, 0.2) is 0 Å². The Morgan fingerprint density at radius 2 is 2.05 bits per heavy atom. The molecule has 1 aromatic carbocycles. The second-order valence-corrected chi connectivity index (χ2v) is 12.3. The number of rotatable bonds is 7. The van der Waals surface area contributed by atoms with Crippen LogP contribution in [0.2, 0.25) is 0 Å². The van der Waals surface area contributed by atoms with Gasteiger partial charge in [0.1, 0.15) is 35.4 Å². The minimum Gasteiger partial charge on any atom is -0.490 e. The third kappa shape index (κ3) is 5.32. The Hall–Kier alpha value is -4.42. The van der Waals surface area contributed by atoms with E-state index in [1.165, 1.54) is 17.4 Å². The molecule has 0 spiro atoms. The van der Waals surface area contributed by atoms with Crippen LogP contribution < -0.4 is 4.74 Å². The Morgan fingerprint density at radius 3 is 2.74 bits per heavy atom. The maximum atomic E-state index is 15.9. The molecule has 5 aromatic rings. The van der Waals surface area contributed by atoms with Gasteiger partial charge in [-0.15, -0.1) is 11.3 Å². The van der Waals surface area contributed by atoms with Gasteiger partial charge >= 0.3 is 0 Å². The number of nitrogens with zero attached hydrogens (tertiary/aromatic N) is 6. The minimum absolute atomic E-state index is 0.0149. The van der Waals surface area contributed by atoms with Gasteiger partial charge in [-0.1, -0.05) is 6.58 Å². The summed E-state index contributed by atoms with van der Waals surface area (Å²) in [4.78, 5) is 19.3. The zero-order chi connectivity index (χ0) is 30.6. The lowest BCUT2D eigenvalue weighted by Crippen LogP contribution is -2.44. The van der Waals surface area contributed by atoms with Crippen LogP contribution in [0.4, 0.5) is 8.78 Å². The molecular weight excluding hydrogens is 574 g/mol. The number of carbonyl (C=O) groups is 1. The van der Waals surface area contributed by atoms with Crippen LogP contribution in [0.15, 0.2) is 54.7 Å². The molecule has 1 unspecified atom stereocenters. The van der Waals surface area contributed by atoms with Gasteiger partial charge in [-0.2, -0.15) is 10.2 Å². The van der Waals surface area contributed by atoms with Crippen LogP contribution in [0.3, 0.4) is 0 Å². The first-order chi connectivity index (χ1) is 20.4. The van der Waals surface area contributed by atoms with E-state index in [-0.39, 0.29) is 29.9 Å². The molecule has 0 saturated heterocycles. The largest absolute Gasteiger partial charge is 0.490 e. The first-order valence-electron chi connectivity index (χ1n) is 13.7. The smallest absolute Gasteiger partial charge is 0.246 e. The number of halogens is 2. The quantitative estimate of drug-likeness (QED) is 0.244. The fraction of sp³-hybridized carbons (Fsp3) is 0.290. The van der Waals surface area contributed by atoms with E-state index >= 15 is 4.39 Å². The van der Waals surface area contributed by atoms with Crippen LogP contribution in [0.5, 0.6) is 5.75 Å². The molecule has 0 radical (unpaired) electrons. The summed E-state index contributed by atoms with van der Waals surface area (Å²) >= 11 is 1.39. The molecule has 43 heavy (non-hydrogen) atoms. The van der Waals surface area contributed by atoms with Gasteiger partial charge in [0.05, 0.1) is 41.8 Å². The lowest BCUT2D eigenvalue weighted by Gasteiger charge is -2.33. The molecular formula is C31H30F2N6O3S. The molecule has 4 aromatic heterocycles. The zero-order valence-electron chi connectivity index (χ0n) is 24.1. The number of amides is 1. The van der Waals surface area contributed by atoms with Gasteiger partial charge in [-0.05, 0) is 44.4 Å². The Morgan fingerprint density at radius 1 is 1.26 bits per heavy atom. The number of hydrogen-bond donors (Lipinski definition) is 1. The Balaban J connectivity index is 1.62. The molecule has 222 valence electrons. The lowest BCUT2D eigenvalue weighted by molar-refractivity contribution is -0.129. The number of fused-ring (bicyclic) bond motifs is 2. The van der Waals surface area contributed by atoms with E-state index in [0.717, 1.165) is 28.8 Å². The Kier molecular flexibility index (Phi) is 7.13. The summed E-state index contributed by atoms with van der Waals surface area (Å²) in [6, 6.07) is 5.54. The Bertz CT molecular complexity index is 1890.